The summed E-state index contributed by atoms with van der Waals surface area (Å²) < 4.78 is 13.4. The van der Waals surface area contributed by atoms with Gasteiger partial charge in [-0.05, 0) is 49.9 Å². The number of hydrogen-bond donors (Lipinski definition) is 2. The molecule has 2 fully saturated rings. The van der Waals surface area contributed by atoms with Crippen LogP contribution in [0.2, 0.25) is 0 Å². The molecule has 1 saturated carbocycles. The van der Waals surface area contributed by atoms with Crippen LogP contribution in [0.4, 0.5) is 10.1 Å². The van der Waals surface area contributed by atoms with E-state index in [1.54, 1.807) is 18.2 Å². The molecule has 0 bridgehead atoms. The van der Waals surface area contributed by atoms with Crippen LogP contribution in [0, 0.1) is 17.2 Å². The van der Waals surface area contributed by atoms with E-state index in [0.29, 0.717) is 5.69 Å². The van der Waals surface area contributed by atoms with Crippen molar-refractivity contribution in [2.75, 3.05) is 18.4 Å². The Morgan fingerprint density at radius 3 is 2.68 bits per heavy atom. The van der Waals surface area contributed by atoms with E-state index in [9.17, 15) is 9.18 Å². The average molecular weight is 285 g/mol. The minimum Gasteiger partial charge on any atom is -0.323 e. The molecule has 0 aromatic heterocycles. The zero-order valence-electron chi connectivity index (χ0n) is 10.6. The highest BCUT2D eigenvalue weighted by Crippen LogP contribution is 2.58. The maximum absolute atomic E-state index is 13.4. The van der Waals surface area contributed by atoms with Crippen LogP contribution < -0.4 is 10.6 Å². The van der Waals surface area contributed by atoms with Gasteiger partial charge < -0.3 is 10.6 Å². The van der Waals surface area contributed by atoms with Gasteiger partial charge in [-0.1, -0.05) is 12.1 Å². The van der Waals surface area contributed by atoms with Gasteiger partial charge in [-0.3, -0.25) is 4.79 Å². The number of nitrogens with one attached hydrogen (secondary N) is 2. The van der Waals surface area contributed by atoms with Gasteiger partial charge in [0.2, 0.25) is 5.91 Å². The lowest BCUT2D eigenvalue weighted by Crippen LogP contribution is -2.31. The van der Waals surface area contributed by atoms with Gasteiger partial charge in [0.15, 0.2) is 0 Å². The molecule has 1 aliphatic heterocycles. The highest BCUT2D eigenvalue weighted by Gasteiger charge is 2.57. The normalized spacial score (nSPS) is 23.5. The zero-order chi connectivity index (χ0) is 12.6. The molecule has 1 aromatic carbocycles. The predicted octanol–water partition coefficient (Wildman–Crippen LogP) is 2.58. The molecule has 3 rings (SSSR count). The van der Waals surface area contributed by atoms with Crippen LogP contribution >= 0.6 is 12.4 Å². The summed E-state index contributed by atoms with van der Waals surface area (Å²) in [6, 6.07) is 6.32. The van der Waals surface area contributed by atoms with Crippen molar-refractivity contribution in [1.82, 2.24) is 5.32 Å². The average Bonchev–Trinajstić information content (AvgIpc) is 3.07. The highest BCUT2D eigenvalue weighted by molar-refractivity contribution is 5.95. The SMILES string of the molecule is Cl.O=C(Nc1ccccc1F)C1CC12CCNCC2. The van der Waals surface area contributed by atoms with E-state index in [0.717, 1.165) is 32.4 Å². The molecule has 1 saturated heterocycles. The molecule has 104 valence electrons. The van der Waals surface area contributed by atoms with Crippen LogP contribution in [0.1, 0.15) is 19.3 Å². The number of amides is 1. The summed E-state index contributed by atoms with van der Waals surface area (Å²) >= 11 is 0. The van der Waals surface area contributed by atoms with Crippen LogP contribution in [0.25, 0.3) is 0 Å². The first kappa shape index (κ1) is 14.3. The Hall–Kier alpha value is -1.13. The third kappa shape index (κ3) is 2.74. The highest BCUT2D eigenvalue weighted by atomic mass is 35.5. The number of benzene rings is 1. The summed E-state index contributed by atoms with van der Waals surface area (Å²) in [7, 11) is 0. The lowest BCUT2D eigenvalue weighted by Gasteiger charge is -2.23. The largest absolute Gasteiger partial charge is 0.323 e. The Balaban J connectivity index is 0.00000133. The first-order chi connectivity index (χ1) is 8.71. The molecule has 1 aliphatic carbocycles. The van der Waals surface area contributed by atoms with Crippen LogP contribution in [0.5, 0.6) is 0 Å². The smallest absolute Gasteiger partial charge is 0.228 e. The molecule has 1 atom stereocenters. The van der Waals surface area contributed by atoms with E-state index < -0.39 is 0 Å². The number of anilines is 1. The van der Waals surface area contributed by atoms with E-state index in [1.165, 1.54) is 6.07 Å². The Bertz CT molecular complexity index is 474. The van der Waals surface area contributed by atoms with Gasteiger partial charge in [0.25, 0.3) is 0 Å². The molecular weight excluding hydrogens is 267 g/mol. The van der Waals surface area contributed by atoms with E-state index in [1.807, 2.05) is 0 Å². The molecule has 1 heterocycles. The summed E-state index contributed by atoms with van der Waals surface area (Å²) in [5.41, 5.74) is 0.485. The molecule has 1 unspecified atom stereocenters. The first-order valence-electron chi connectivity index (χ1n) is 6.47. The van der Waals surface area contributed by atoms with Crippen molar-refractivity contribution in [2.45, 2.75) is 19.3 Å². The van der Waals surface area contributed by atoms with Gasteiger partial charge >= 0.3 is 0 Å². The monoisotopic (exact) mass is 284 g/mol. The quantitative estimate of drug-likeness (QED) is 0.876. The standard InChI is InChI=1S/C14H17FN2O.ClH/c15-11-3-1-2-4-12(11)17-13(18)10-9-14(10)5-7-16-8-6-14;/h1-4,10,16H,5-9H2,(H,17,18);1H. The number of piperidine rings is 1. The van der Waals surface area contributed by atoms with Crippen molar-refractivity contribution >= 4 is 24.0 Å². The topological polar surface area (TPSA) is 41.1 Å². The fraction of sp³-hybridized carbons (Fsp3) is 0.500. The van der Waals surface area contributed by atoms with E-state index in [4.69, 9.17) is 0 Å². The third-order valence-electron chi connectivity index (χ3n) is 4.24. The number of para-hydroxylation sites is 1. The Labute approximate surface area is 118 Å². The predicted molar refractivity (Wildman–Crippen MR) is 74.9 cm³/mol. The Kier molecular flexibility index (Phi) is 4.11. The van der Waals surface area contributed by atoms with Gasteiger partial charge in [-0.15, -0.1) is 12.4 Å². The maximum atomic E-state index is 13.4. The second-order valence-corrected chi connectivity index (χ2v) is 5.34. The van der Waals surface area contributed by atoms with Gasteiger partial charge in [-0.25, -0.2) is 4.39 Å². The summed E-state index contributed by atoms with van der Waals surface area (Å²) in [5.74, 6) is -0.327. The van der Waals surface area contributed by atoms with E-state index in [2.05, 4.69) is 10.6 Å². The number of halogens is 2. The van der Waals surface area contributed by atoms with Crippen molar-refractivity contribution in [2.24, 2.45) is 11.3 Å². The minimum absolute atomic E-state index is 0. The van der Waals surface area contributed by atoms with Crippen molar-refractivity contribution in [3.05, 3.63) is 30.1 Å². The summed E-state index contributed by atoms with van der Waals surface area (Å²) in [4.78, 5) is 12.1. The molecule has 19 heavy (non-hydrogen) atoms. The first-order valence-corrected chi connectivity index (χ1v) is 6.47. The van der Waals surface area contributed by atoms with Gasteiger partial charge in [-0.2, -0.15) is 0 Å². The molecule has 3 nitrogen and oxygen atoms in total. The lowest BCUT2D eigenvalue weighted by molar-refractivity contribution is -0.118. The minimum atomic E-state index is -0.370. The van der Waals surface area contributed by atoms with Crippen molar-refractivity contribution in [3.8, 4) is 0 Å². The molecule has 1 spiro atoms. The number of carbonyl (C=O) groups excluding carboxylic acids is 1. The summed E-state index contributed by atoms with van der Waals surface area (Å²) in [6.45, 7) is 1.98. The Morgan fingerprint density at radius 2 is 2.00 bits per heavy atom. The molecule has 2 aliphatic rings. The van der Waals surface area contributed by atoms with Gasteiger partial charge in [0, 0.05) is 5.92 Å². The van der Waals surface area contributed by atoms with Crippen LogP contribution in [0.15, 0.2) is 24.3 Å². The Morgan fingerprint density at radius 1 is 1.32 bits per heavy atom. The molecule has 2 N–H and O–H groups in total. The lowest BCUT2D eigenvalue weighted by atomic mass is 9.92. The van der Waals surface area contributed by atoms with E-state index in [-0.39, 0.29) is 35.5 Å². The fourth-order valence-electron chi connectivity index (χ4n) is 2.98. The molecule has 0 radical (unpaired) electrons. The van der Waals surface area contributed by atoms with Gasteiger partial charge in [0.05, 0.1) is 5.69 Å². The van der Waals surface area contributed by atoms with Crippen LogP contribution in [-0.2, 0) is 4.79 Å². The van der Waals surface area contributed by atoms with Gasteiger partial charge in [0.1, 0.15) is 5.82 Å². The second kappa shape index (κ2) is 5.47. The van der Waals surface area contributed by atoms with Crippen LogP contribution in [0.3, 0.4) is 0 Å². The number of hydrogen-bond acceptors (Lipinski definition) is 2. The number of rotatable bonds is 2. The van der Waals surface area contributed by atoms with E-state index >= 15 is 0 Å². The van der Waals surface area contributed by atoms with Crippen molar-refractivity contribution < 1.29 is 9.18 Å². The van der Waals surface area contributed by atoms with Crippen LogP contribution in [-0.4, -0.2) is 19.0 Å². The molecular formula is C14H18ClFN2O. The second-order valence-electron chi connectivity index (χ2n) is 5.34. The van der Waals surface area contributed by atoms with Crippen molar-refractivity contribution in [3.63, 3.8) is 0 Å². The molecule has 1 aromatic rings. The van der Waals surface area contributed by atoms with Crippen molar-refractivity contribution in [1.29, 1.82) is 0 Å². The maximum Gasteiger partial charge on any atom is 0.228 e. The summed E-state index contributed by atoms with van der Waals surface area (Å²) in [5, 5.41) is 6.02. The molecule has 1 amide bonds. The zero-order valence-corrected chi connectivity index (χ0v) is 11.4. The third-order valence-corrected chi connectivity index (χ3v) is 4.24. The fourth-order valence-corrected chi connectivity index (χ4v) is 2.98. The summed E-state index contributed by atoms with van der Waals surface area (Å²) in [6.07, 6.45) is 3.07. The molecule has 5 heteroatoms. The number of carbonyl (C=O) groups is 1.